The minimum Gasteiger partial charge on any atom is -0.382 e. The molecule has 13 heavy (non-hydrogen) atoms. The van der Waals surface area contributed by atoms with Gasteiger partial charge in [0.2, 0.25) is 0 Å². The van der Waals surface area contributed by atoms with Crippen molar-refractivity contribution in [3.63, 3.8) is 0 Å². The quantitative estimate of drug-likeness (QED) is 0.745. The maximum Gasteiger partial charge on any atom is 0.153 e. The highest BCUT2D eigenvalue weighted by Crippen LogP contribution is 2.35. The standard InChI is InChI=1S/C9H12N4/c1-2-3-6-4-11-8-7(6)12-5-13-9(8)10/h4-6H,2-3H2,1H3,(H2,10,12,13). The van der Waals surface area contributed by atoms with E-state index in [9.17, 15) is 0 Å². The Kier molecular flexibility index (Phi) is 1.96. The summed E-state index contributed by atoms with van der Waals surface area (Å²) in [4.78, 5) is 12.3. The molecule has 0 bridgehead atoms. The summed E-state index contributed by atoms with van der Waals surface area (Å²) >= 11 is 0. The third-order valence-corrected chi connectivity index (χ3v) is 2.21. The first kappa shape index (κ1) is 8.16. The van der Waals surface area contributed by atoms with Crippen LogP contribution in [0.5, 0.6) is 0 Å². The Hall–Kier alpha value is -1.45. The molecule has 4 nitrogen and oxygen atoms in total. The SMILES string of the molecule is CCCC1C=Nc2c(N)ncnc21. The number of nitrogen functional groups attached to an aromatic ring is 1. The largest absolute Gasteiger partial charge is 0.382 e. The smallest absolute Gasteiger partial charge is 0.153 e. The van der Waals surface area contributed by atoms with E-state index < -0.39 is 0 Å². The zero-order chi connectivity index (χ0) is 9.26. The van der Waals surface area contributed by atoms with Gasteiger partial charge >= 0.3 is 0 Å². The maximum absolute atomic E-state index is 5.67. The first-order chi connectivity index (χ1) is 6.33. The van der Waals surface area contributed by atoms with Crippen LogP contribution < -0.4 is 5.73 Å². The molecule has 0 amide bonds. The van der Waals surface area contributed by atoms with Crippen LogP contribution in [0.25, 0.3) is 0 Å². The first-order valence-corrected chi connectivity index (χ1v) is 4.47. The molecular formula is C9H12N4. The van der Waals surface area contributed by atoms with Crippen LogP contribution >= 0.6 is 0 Å². The van der Waals surface area contributed by atoms with Crippen molar-refractivity contribution in [1.82, 2.24) is 9.97 Å². The number of nitrogens with zero attached hydrogens (tertiary/aromatic N) is 3. The Morgan fingerprint density at radius 3 is 3.08 bits per heavy atom. The summed E-state index contributed by atoms with van der Waals surface area (Å²) in [6.45, 7) is 2.15. The lowest BCUT2D eigenvalue weighted by atomic mass is 10.0. The number of hydrogen-bond donors (Lipinski definition) is 1. The molecule has 0 aliphatic carbocycles. The summed E-state index contributed by atoms with van der Waals surface area (Å²) in [7, 11) is 0. The van der Waals surface area contributed by atoms with Crippen LogP contribution in [0.3, 0.4) is 0 Å². The van der Waals surface area contributed by atoms with Gasteiger partial charge in [-0.05, 0) is 6.42 Å². The summed E-state index contributed by atoms with van der Waals surface area (Å²) in [5.74, 6) is 0.824. The molecule has 0 radical (unpaired) electrons. The van der Waals surface area contributed by atoms with Gasteiger partial charge in [-0.15, -0.1) is 0 Å². The van der Waals surface area contributed by atoms with Gasteiger partial charge in [0.1, 0.15) is 12.0 Å². The second-order valence-corrected chi connectivity index (χ2v) is 3.17. The molecule has 1 aromatic rings. The molecule has 1 unspecified atom stereocenters. The summed E-state index contributed by atoms with van der Waals surface area (Å²) in [6.07, 6.45) is 5.62. The highest BCUT2D eigenvalue weighted by atomic mass is 15.0. The molecule has 0 saturated heterocycles. The summed E-state index contributed by atoms with van der Waals surface area (Å²) < 4.78 is 0. The lowest BCUT2D eigenvalue weighted by Gasteiger charge is -2.05. The molecule has 68 valence electrons. The van der Waals surface area contributed by atoms with Crippen molar-refractivity contribution in [3.8, 4) is 0 Å². The number of nitrogens with two attached hydrogens (primary N) is 1. The molecule has 1 aromatic heterocycles. The van der Waals surface area contributed by atoms with E-state index >= 15 is 0 Å². The molecule has 1 aliphatic heterocycles. The Morgan fingerprint density at radius 1 is 1.46 bits per heavy atom. The van der Waals surface area contributed by atoms with Gasteiger partial charge in [0.25, 0.3) is 0 Å². The van der Waals surface area contributed by atoms with E-state index in [-0.39, 0.29) is 0 Å². The van der Waals surface area contributed by atoms with Gasteiger partial charge in [0, 0.05) is 12.1 Å². The molecule has 2 heterocycles. The molecule has 0 spiro atoms. The maximum atomic E-state index is 5.67. The van der Waals surface area contributed by atoms with Crippen molar-refractivity contribution in [1.29, 1.82) is 0 Å². The Balaban J connectivity index is 2.37. The second-order valence-electron chi connectivity index (χ2n) is 3.17. The normalized spacial score (nSPS) is 19.0. The van der Waals surface area contributed by atoms with Crippen LogP contribution in [-0.4, -0.2) is 16.2 Å². The Labute approximate surface area is 76.9 Å². The van der Waals surface area contributed by atoms with Crippen LogP contribution in [0.4, 0.5) is 11.5 Å². The van der Waals surface area contributed by atoms with Crippen molar-refractivity contribution in [2.45, 2.75) is 25.7 Å². The van der Waals surface area contributed by atoms with Gasteiger partial charge in [-0.1, -0.05) is 13.3 Å². The van der Waals surface area contributed by atoms with Crippen LogP contribution in [0.15, 0.2) is 11.3 Å². The topological polar surface area (TPSA) is 64.2 Å². The average molecular weight is 176 g/mol. The van der Waals surface area contributed by atoms with Gasteiger partial charge in [-0.2, -0.15) is 0 Å². The number of fused-ring (bicyclic) bond motifs is 1. The van der Waals surface area contributed by atoms with Gasteiger partial charge in [0.15, 0.2) is 5.82 Å². The predicted octanol–water partition coefficient (Wildman–Crippen LogP) is 1.66. The lowest BCUT2D eigenvalue weighted by Crippen LogP contribution is -2.00. The minimum atomic E-state index is 0.338. The zero-order valence-corrected chi connectivity index (χ0v) is 7.57. The monoisotopic (exact) mass is 176 g/mol. The van der Waals surface area contributed by atoms with Crippen LogP contribution in [0, 0.1) is 0 Å². The van der Waals surface area contributed by atoms with Crippen molar-refractivity contribution in [2.75, 3.05) is 5.73 Å². The van der Waals surface area contributed by atoms with Gasteiger partial charge in [0.05, 0.1) is 5.69 Å². The zero-order valence-electron chi connectivity index (χ0n) is 7.57. The van der Waals surface area contributed by atoms with Crippen molar-refractivity contribution >= 4 is 17.7 Å². The minimum absolute atomic E-state index is 0.338. The van der Waals surface area contributed by atoms with E-state index in [4.69, 9.17) is 5.73 Å². The molecular weight excluding hydrogens is 164 g/mol. The van der Waals surface area contributed by atoms with Gasteiger partial charge < -0.3 is 5.73 Å². The van der Waals surface area contributed by atoms with Crippen molar-refractivity contribution in [2.24, 2.45) is 4.99 Å². The fourth-order valence-electron chi connectivity index (χ4n) is 1.57. The summed E-state index contributed by atoms with van der Waals surface area (Å²) in [5, 5.41) is 0. The number of rotatable bonds is 2. The number of anilines is 1. The van der Waals surface area contributed by atoms with Gasteiger partial charge in [-0.25, -0.2) is 9.97 Å². The molecule has 2 rings (SSSR count). The van der Waals surface area contributed by atoms with Crippen LogP contribution in [-0.2, 0) is 0 Å². The summed E-state index contributed by atoms with van der Waals surface area (Å²) in [5.41, 5.74) is 7.41. The number of hydrogen-bond acceptors (Lipinski definition) is 4. The van der Waals surface area contributed by atoms with Crippen LogP contribution in [0.2, 0.25) is 0 Å². The van der Waals surface area contributed by atoms with E-state index in [0.29, 0.717) is 11.7 Å². The van der Waals surface area contributed by atoms with Crippen molar-refractivity contribution in [3.05, 3.63) is 12.0 Å². The van der Waals surface area contributed by atoms with Crippen molar-refractivity contribution < 1.29 is 0 Å². The lowest BCUT2D eigenvalue weighted by molar-refractivity contribution is 0.744. The Bertz CT molecular complexity index is 345. The van der Waals surface area contributed by atoms with E-state index in [1.807, 2.05) is 6.21 Å². The molecule has 1 atom stereocenters. The fourth-order valence-corrected chi connectivity index (χ4v) is 1.57. The predicted molar refractivity (Wildman–Crippen MR) is 52.2 cm³/mol. The molecule has 2 N–H and O–H groups in total. The highest BCUT2D eigenvalue weighted by molar-refractivity contribution is 5.83. The van der Waals surface area contributed by atoms with E-state index in [1.54, 1.807) is 0 Å². The molecule has 4 heteroatoms. The Morgan fingerprint density at radius 2 is 2.31 bits per heavy atom. The molecule has 0 aromatic carbocycles. The first-order valence-electron chi connectivity index (χ1n) is 4.47. The van der Waals surface area contributed by atoms with E-state index in [0.717, 1.165) is 24.2 Å². The molecule has 0 fully saturated rings. The third-order valence-electron chi connectivity index (χ3n) is 2.21. The van der Waals surface area contributed by atoms with Crippen LogP contribution in [0.1, 0.15) is 31.4 Å². The number of aliphatic imine (C=N–C) groups is 1. The van der Waals surface area contributed by atoms with Gasteiger partial charge in [-0.3, -0.25) is 4.99 Å². The molecule has 1 aliphatic rings. The molecule has 0 saturated carbocycles. The van der Waals surface area contributed by atoms with E-state index in [2.05, 4.69) is 21.9 Å². The second kappa shape index (κ2) is 3.12. The highest BCUT2D eigenvalue weighted by Gasteiger charge is 2.21. The third kappa shape index (κ3) is 1.28. The fraction of sp³-hybridized carbons (Fsp3) is 0.444. The number of aromatic nitrogens is 2. The summed E-state index contributed by atoms with van der Waals surface area (Å²) in [6, 6.07) is 0. The average Bonchev–Trinajstić information content (AvgIpc) is 2.51. The van der Waals surface area contributed by atoms with E-state index in [1.165, 1.54) is 6.33 Å².